The molecule has 2 aliphatic heterocycles. The molecule has 321 valence electrons. The topological polar surface area (TPSA) is 53.0 Å². The molecule has 5 nitrogen and oxygen atoms in total. The maximum atomic E-state index is 10.8. The minimum Gasteiger partial charge on any atom is -0.400 e. The number of carbonyl (C=O) groups excluding carboxylic acids is 1. The highest BCUT2D eigenvalue weighted by Gasteiger charge is 2.23. The van der Waals surface area contributed by atoms with Gasteiger partial charge in [-0.15, -0.1) is 0 Å². The highest BCUT2D eigenvalue weighted by atomic mass is 16.5. The van der Waals surface area contributed by atoms with E-state index in [4.69, 9.17) is 9.84 Å². The summed E-state index contributed by atoms with van der Waals surface area (Å²) in [5, 5.41) is 7.00. The number of unbranched alkanes of at least 4 members (excludes halogenated alkanes) is 12. The summed E-state index contributed by atoms with van der Waals surface area (Å²) < 4.78 is 5.26. The molecule has 0 aromatic carbocycles. The second kappa shape index (κ2) is 49.3. The van der Waals surface area contributed by atoms with Crippen molar-refractivity contribution in [3.05, 3.63) is 18.1 Å². The van der Waals surface area contributed by atoms with E-state index in [1.807, 2.05) is 13.8 Å². The minimum atomic E-state index is 0. The Kier molecular flexibility index (Phi) is 54.8. The molecule has 53 heavy (non-hydrogen) atoms. The largest absolute Gasteiger partial charge is 0.400 e. The third-order valence-electron chi connectivity index (χ3n) is 10.3. The number of Topliss-reactive ketones (excluding diaryl/α,β-unsaturated/α-hetero) is 1. The van der Waals surface area contributed by atoms with Gasteiger partial charge in [0.1, 0.15) is 5.78 Å². The zero-order chi connectivity index (χ0) is 39.5. The van der Waals surface area contributed by atoms with Gasteiger partial charge in [-0.2, -0.15) is 0 Å². The number of hydrogen-bond donors (Lipinski definition) is 1. The Balaban J connectivity index is -0.000000315. The van der Waals surface area contributed by atoms with Gasteiger partial charge in [-0.1, -0.05) is 170 Å². The molecule has 3 aliphatic rings. The lowest BCUT2D eigenvalue weighted by Gasteiger charge is -2.23. The Morgan fingerprint density at radius 1 is 0.736 bits per heavy atom. The quantitative estimate of drug-likeness (QED) is 0.0892. The summed E-state index contributed by atoms with van der Waals surface area (Å²) in [6.45, 7) is 20.8. The van der Waals surface area contributed by atoms with Crippen LogP contribution >= 0.6 is 0 Å². The van der Waals surface area contributed by atoms with Crippen LogP contribution in [0.1, 0.15) is 223 Å². The fraction of sp³-hybridized carbons (Fsp3) is 0.917. The van der Waals surface area contributed by atoms with E-state index in [9.17, 15) is 4.79 Å². The standard InChI is InChI=1S/C17H31.C15H29NO2.C7H16.C5H11N.C2H6.CH4O.CH4/c1-3-5-7-10-16(11-8-6-4-2)12-9-13-17-14-15-17;1-14(17)9-6-4-3-5-7-11-16-12-8-10-15(16)13-18-2;1-3-5-7-6-4-2;1-6-4-2-3-5-6;2*1-2;/h14-16H,3-13H2,1-2H3;15H,3-13H2,1-2H3;3-7H2,1-2H3;2-5H2,1H3;1-2H3;2H,1H3;1H4. The van der Waals surface area contributed by atoms with Crippen molar-refractivity contribution < 1.29 is 14.6 Å². The van der Waals surface area contributed by atoms with Crippen LogP contribution in [0.3, 0.4) is 0 Å². The molecule has 5 heteroatoms. The van der Waals surface area contributed by atoms with E-state index in [1.54, 1.807) is 19.6 Å². The van der Waals surface area contributed by atoms with Gasteiger partial charge in [0.25, 0.3) is 0 Å². The first-order chi connectivity index (χ1) is 25.4. The van der Waals surface area contributed by atoms with E-state index in [0.717, 1.165) is 32.5 Å². The Labute approximate surface area is 336 Å². The molecule has 3 rings (SSSR count). The zero-order valence-corrected chi connectivity index (χ0v) is 37.4. The Bertz CT molecular complexity index is 693. The van der Waals surface area contributed by atoms with Gasteiger partial charge in [0.15, 0.2) is 0 Å². The number of ether oxygens (including phenoxy) is 1. The first-order valence-corrected chi connectivity index (χ1v) is 22.8. The summed E-state index contributed by atoms with van der Waals surface area (Å²) in [4.78, 5) is 15.7. The predicted octanol–water partition coefficient (Wildman–Crippen LogP) is 14.1. The maximum Gasteiger partial charge on any atom is 0.129 e. The molecule has 0 amide bonds. The van der Waals surface area contributed by atoms with Gasteiger partial charge < -0.3 is 19.5 Å². The number of aliphatic hydroxyl groups excluding tert-OH is 1. The first-order valence-electron chi connectivity index (χ1n) is 22.8. The van der Waals surface area contributed by atoms with Crippen molar-refractivity contribution in [1.29, 1.82) is 0 Å². The van der Waals surface area contributed by atoms with Crippen LogP contribution in [-0.2, 0) is 9.53 Å². The van der Waals surface area contributed by atoms with Crippen LogP contribution in [0.5, 0.6) is 0 Å². The zero-order valence-electron chi connectivity index (χ0n) is 37.4. The molecular weight excluding hydrogens is 653 g/mol. The van der Waals surface area contributed by atoms with Crippen molar-refractivity contribution in [3.8, 4) is 0 Å². The number of aliphatic hydroxyl groups is 1. The number of nitrogens with zero attached hydrogens (tertiary/aromatic N) is 2. The lowest BCUT2D eigenvalue weighted by atomic mass is 9.90. The van der Waals surface area contributed by atoms with Crippen LogP contribution in [-0.4, -0.2) is 80.8 Å². The van der Waals surface area contributed by atoms with Gasteiger partial charge >= 0.3 is 0 Å². The average molecular weight is 754 g/mol. The number of ketones is 1. The Morgan fingerprint density at radius 2 is 1.21 bits per heavy atom. The number of methoxy groups -OCH3 is 1. The summed E-state index contributed by atoms with van der Waals surface area (Å²) in [5.41, 5.74) is 1.60. The van der Waals surface area contributed by atoms with E-state index in [2.05, 4.69) is 57.0 Å². The SMILES string of the molecule is C.CC.CCCCCC(CCCCC)CCCC1=C[CH]1.CCCCCCC.CN1CCCC1.CO.COCC1CCCN1CCCCCCCC(C)=O. The summed E-state index contributed by atoms with van der Waals surface area (Å²) in [5.74, 6) is 1.35. The Morgan fingerprint density at radius 3 is 1.66 bits per heavy atom. The molecule has 2 saturated heterocycles. The second-order valence-electron chi connectivity index (χ2n) is 15.2. The van der Waals surface area contributed by atoms with Gasteiger partial charge in [0.05, 0.1) is 6.61 Å². The smallest absolute Gasteiger partial charge is 0.129 e. The number of likely N-dealkylation sites (tertiary alicyclic amines) is 2. The fourth-order valence-electron chi connectivity index (χ4n) is 6.96. The molecule has 1 atom stereocenters. The third-order valence-corrected chi connectivity index (χ3v) is 10.3. The molecule has 1 radical (unpaired) electrons. The normalized spacial score (nSPS) is 15.8. The second-order valence-corrected chi connectivity index (χ2v) is 15.2. The first kappa shape index (κ1) is 58.9. The monoisotopic (exact) mass is 754 g/mol. The van der Waals surface area contributed by atoms with Gasteiger partial charge in [0, 0.05) is 33.1 Å². The van der Waals surface area contributed by atoms with E-state index in [1.165, 1.54) is 180 Å². The number of allylic oxidation sites excluding steroid dienone is 2. The van der Waals surface area contributed by atoms with Crippen molar-refractivity contribution in [2.24, 2.45) is 5.92 Å². The van der Waals surface area contributed by atoms with Crippen LogP contribution in [0.25, 0.3) is 0 Å². The number of rotatable bonds is 26. The van der Waals surface area contributed by atoms with Gasteiger partial charge in [-0.25, -0.2) is 0 Å². The van der Waals surface area contributed by atoms with E-state index < -0.39 is 0 Å². The Hall–Kier alpha value is -0.750. The lowest BCUT2D eigenvalue weighted by molar-refractivity contribution is -0.117. The number of carbonyl (C=O) groups is 1. The summed E-state index contributed by atoms with van der Waals surface area (Å²) >= 11 is 0. The molecule has 0 aromatic rings. The van der Waals surface area contributed by atoms with Crippen molar-refractivity contribution >= 4 is 5.78 Å². The highest BCUT2D eigenvalue weighted by molar-refractivity contribution is 5.75. The van der Waals surface area contributed by atoms with Gasteiger partial charge in [-0.3, -0.25) is 4.90 Å². The molecule has 1 N–H and O–H groups in total. The van der Waals surface area contributed by atoms with Crippen LogP contribution < -0.4 is 0 Å². The van der Waals surface area contributed by atoms with Crippen LogP contribution in [0.4, 0.5) is 0 Å². The van der Waals surface area contributed by atoms with Crippen LogP contribution in [0, 0.1) is 12.3 Å². The molecule has 0 spiro atoms. The highest BCUT2D eigenvalue weighted by Crippen LogP contribution is 2.28. The van der Waals surface area contributed by atoms with E-state index in [-0.39, 0.29) is 7.43 Å². The predicted molar refractivity (Wildman–Crippen MR) is 240 cm³/mol. The fourth-order valence-corrected chi connectivity index (χ4v) is 6.96. The molecule has 0 bridgehead atoms. The minimum absolute atomic E-state index is 0. The van der Waals surface area contributed by atoms with Gasteiger partial charge in [0.2, 0.25) is 0 Å². The third kappa shape index (κ3) is 45.5. The van der Waals surface area contributed by atoms with E-state index in [0.29, 0.717) is 11.8 Å². The molecule has 1 aliphatic carbocycles. The molecule has 2 heterocycles. The summed E-state index contributed by atoms with van der Waals surface area (Å²) in [6.07, 6.45) is 39.6. The average Bonchev–Trinajstić information content (AvgIpc) is 3.67. The molecule has 1 unspecified atom stereocenters. The lowest BCUT2D eigenvalue weighted by Crippen LogP contribution is -2.33. The van der Waals surface area contributed by atoms with Crippen molar-refractivity contribution in [3.63, 3.8) is 0 Å². The van der Waals surface area contributed by atoms with Crippen LogP contribution in [0.2, 0.25) is 0 Å². The van der Waals surface area contributed by atoms with Crippen LogP contribution in [0.15, 0.2) is 11.6 Å². The summed E-state index contributed by atoms with van der Waals surface area (Å²) in [7, 11) is 4.97. The summed E-state index contributed by atoms with van der Waals surface area (Å²) in [6, 6.07) is 0.660. The van der Waals surface area contributed by atoms with E-state index >= 15 is 0 Å². The molecular formula is C48H101N2O3. The van der Waals surface area contributed by atoms with Crippen molar-refractivity contribution in [2.45, 2.75) is 229 Å². The van der Waals surface area contributed by atoms with Crippen molar-refractivity contribution in [1.82, 2.24) is 9.80 Å². The maximum absolute atomic E-state index is 10.8. The molecule has 0 saturated carbocycles. The number of hydrogen-bond acceptors (Lipinski definition) is 5. The van der Waals surface area contributed by atoms with Gasteiger partial charge in [-0.05, 0) is 97.4 Å². The molecule has 0 aromatic heterocycles. The van der Waals surface area contributed by atoms with Crippen molar-refractivity contribution in [2.75, 3.05) is 54.1 Å². The molecule has 2 fully saturated rings.